The van der Waals surface area contributed by atoms with E-state index in [1.54, 1.807) is 26.0 Å². The fourth-order valence-electron chi connectivity index (χ4n) is 1.58. The molecule has 0 saturated heterocycles. The molecule has 0 atom stereocenters. The first kappa shape index (κ1) is 13.3. The summed E-state index contributed by atoms with van der Waals surface area (Å²) in [7, 11) is 0. The lowest BCUT2D eigenvalue weighted by atomic mass is 10.2. The van der Waals surface area contributed by atoms with E-state index >= 15 is 0 Å². The largest absolute Gasteiger partial charge is 0.326 e. The van der Waals surface area contributed by atoms with Crippen LogP contribution in [0, 0.1) is 13.8 Å². The lowest BCUT2D eigenvalue weighted by Crippen LogP contribution is -2.23. The second-order valence-corrected chi connectivity index (χ2v) is 4.53. The van der Waals surface area contributed by atoms with Gasteiger partial charge in [0.1, 0.15) is 10.7 Å². The Morgan fingerprint density at radius 1 is 1.37 bits per heavy atom. The molecule has 1 amide bonds. The summed E-state index contributed by atoms with van der Waals surface area (Å²) in [6.45, 7) is 3.53. The average molecular weight is 278 g/mol. The van der Waals surface area contributed by atoms with E-state index in [1.165, 1.54) is 12.3 Å². The lowest BCUT2D eigenvalue weighted by molar-refractivity contribution is 0.102. The number of anilines is 1. The van der Waals surface area contributed by atoms with E-state index in [4.69, 9.17) is 11.6 Å². The maximum Gasteiger partial charge on any atom is 0.261 e. The number of halogens is 1. The van der Waals surface area contributed by atoms with Gasteiger partial charge >= 0.3 is 0 Å². The summed E-state index contributed by atoms with van der Waals surface area (Å²) in [6.07, 6.45) is 1.44. The van der Waals surface area contributed by atoms with Gasteiger partial charge in [-0.3, -0.25) is 9.59 Å². The minimum atomic E-state index is -0.482. The van der Waals surface area contributed by atoms with Gasteiger partial charge in [0, 0.05) is 5.69 Å². The Labute approximate surface area is 114 Å². The van der Waals surface area contributed by atoms with Gasteiger partial charge in [-0.2, -0.15) is 0 Å². The van der Waals surface area contributed by atoms with E-state index in [1.807, 2.05) is 0 Å². The molecule has 2 rings (SSSR count). The van der Waals surface area contributed by atoms with E-state index in [9.17, 15) is 9.59 Å². The summed E-state index contributed by atoms with van der Waals surface area (Å²) in [5.74, 6) is -0.482. The summed E-state index contributed by atoms with van der Waals surface area (Å²) in [6, 6.07) is 4.84. The fourth-order valence-corrected chi connectivity index (χ4v) is 1.68. The Bertz CT molecular complexity index is 695. The number of rotatable bonds is 2. The summed E-state index contributed by atoms with van der Waals surface area (Å²) >= 11 is 5.80. The molecule has 0 spiro atoms. The van der Waals surface area contributed by atoms with Gasteiger partial charge in [0.2, 0.25) is 0 Å². The molecule has 0 bridgehead atoms. The van der Waals surface area contributed by atoms with Gasteiger partial charge in [-0.25, -0.2) is 4.98 Å². The van der Waals surface area contributed by atoms with Crippen LogP contribution < -0.4 is 10.9 Å². The number of carbonyl (C=O) groups excluding carboxylic acids is 1. The maximum atomic E-state index is 12.0. The van der Waals surface area contributed by atoms with Crippen LogP contribution in [0.25, 0.3) is 0 Å². The van der Waals surface area contributed by atoms with Crippen molar-refractivity contribution in [3.05, 3.63) is 56.7 Å². The number of hydrogen-bond donors (Lipinski definition) is 2. The minimum absolute atomic E-state index is 0.0539. The first-order valence-corrected chi connectivity index (χ1v) is 5.98. The van der Waals surface area contributed by atoms with Crippen LogP contribution in [0.1, 0.15) is 21.6 Å². The highest BCUT2D eigenvalue weighted by atomic mass is 35.5. The summed E-state index contributed by atoms with van der Waals surface area (Å²) in [5.41, 5.74) is 1.57. The first-order valence-electron chi connectivity index (χ1n) is 5.61. The molecule has 0 unspecified atom stereocenters. The molecule has 19 heavy (non-hydrogen) atoms. The van der Waals surface area contributed by atoms with Gasteiger partial charge in [-0.05, 0) is 37.6 Å². The number of carbonyl (C=O) groups is 1. The topological polar surface area (TPSA) is 74.8 Å². The van der Waals surface area contributed by atoms with Crippen molar-refractivity contribution in [2.24, 2.45) is 0 Å². The zero-order valence-electron chi connectivity index (χ0n) is 10.5. The Morgan fingerprint density at radius 2 is 2.11 bits per heavy atom. The van der Waals surface area contributed by atoms with Crippen molar-refractivity contribution in [3.63, 3.8) is 0 Å². The molecule has 2 aromatic rings. The van der Waals surface area contributed by atoms with Gasteiger partial charge in [0.15, 0.2) is 0 Å². The molecule has 6 heteroatoms. The molecule has 2 N–H and O–H groups in total. The number of aromatic nitrogens is 2. The number of pyridine rings is 2. The van der Waals surface area contributed by atoms with E-state index in [0.29, 0.717) is 16.5 Å². The fraction of sp³-hybridized carbons (Fsp3) is 0.154. The number of H-pyrrole nitrogens is 1. The van der Waals surface area contributed by atoms with Crippen LogP contribution in [0.4, 0.5) is 5.69 Å². The Balaban J connectivity index is 2.25. The van der Waals surface area contributed by atoms with E-state index in [-0.39, 0.29) is 5.56 Å². The molecule has 5 nitrogen and oxygen atoms in total. The highest BCUT2D eigenvalue weighted by molar-refractivity contribution is 6.30. The monoisotopic (exact) mass is 277 g/mol. The number of amides is 1. The zero-order valence-corrected chi connectivity index (χ0v) is 11.2. The number of nitrogens with one attached hydrogen (secondary N) is 2. The van der Waals surface area contributed by atoms with Crippen molar-refractivity contribution in [1.82, 2.24) is 9.97 Å². The molecular weight excluding hydrogens is 266 g/mol. The average Bonchev–Trinajstić information content (AvgIpc) is 2.33. The second kappa shape index (κ2) is 5.24. The van der Waals surface area contributed by atoms with Crippen molar-refractivity contribution in [2.45, 2.75) is 13.8 Å². The molecule has 0 radical (unpaired) electrons. The van der Waals surface area contributed by atoms with Crippen LogP contribution in [-0.4, -0.2) is 15.9 Å². The normalized spacial score (nSPS) is 10.3. The second-order valence-electron chi connectivity index (χ2n) is 4.17. The van der Waals surface area contributed by atoms with Gasteiger partial charge in [0.05, 0.1) is 11.9 Å². The lowest BCUT2D eigenvalue weighted by Gasteiger charge is -2.06. The molecule has 98 valence electrons. The molecule has 0 aliphatic heterocycles. The minimum Gasteiger partial charge on any atom is -0.326 e. The predicted molar refractivity (Wildman–Crippen MR) is 73.7 cm³/mol. The summed E-state index contributed by atoms with van der Waals surface area (Å²) in [5, 5.41) is 2.99. The molecular formula is C13H12ClN3O2. The molecule has 0 aromatic carbocycles. The van der Waals surface area contributed by atoms with Crippen LogP contribution in [-0.2, 0) is 0 Å². The van der Waals surface area contributed by atoms with Crippen LogP contribution in [0.3, 0.4) is 0 Å². The Hall–Kier alpha value is -2.14. The summed E-state index contributed by atoms with van der Waals surface area (Å²) < 4.78 is 0. The zero-order chi connectivity index (χ0) is 14.0. The van der Waals surface area contributed by atoms with Gasteiger partial charge in [-0.1, -0.05) is 11.6 Å². The Kier molecular flexibility index (Phi) is 3.66. The third-order valence-corrected chi connectivity index (χ3v) is 2.97. The van der Waals surface area contributed by atoms with Crippen molar-refractivity contribution < 1.29 is 4.79 Å². The number of hydrogen-bond acceptors (Lipinski definition) is 3. The van der Waals surface area contributed by atoms with Gasteiger partial charge < -0.3 is 10.3 Å². The van der Waals surface area contributed by atoms with Gasteiger partial charge in [-0.15, -0.1) is 0 Å². The Morgan fingerprint density at radius 3 is 2.74 bits per heavy atom. The van der Waals surface area contributed by atoms with Gasteiger partial charge in [0.25, 0.3) is 11.5 Å². The van der Waals surface area contributed by atoms with E-state index in [0.717, 1.165) is 5.56 Å². The van der Waals surface area contributed by atoms with Crippen LogP contribution in [0.5, 0.6) is 0 Å². The number of nitrogens with zero attached hydrogens (tertiary/aromatic N) is 1. The molecule has 2 heterocycles. The third-order valence-electron chi connectivity index (χ3n) is 2.57. The van der Waals surface area contributed by atoms with Crippen LogP contribution >= 0.6 is 11.6 Å². The van der Waals surface area contributed by atoms with Crippen LogP contribution in [0.15, 0.2) is 29.2 Å². The summed E-state index contributed by atoms with van der Waals surface area (Å²) in [4.78, 5) is 30.1. The smallest absolute Gasteiger partial charge is 0.261 e. The quantitative estimate of drug-likeness (QED) is 0.827. The van der Waals surface area contributed by atoms with Crippen molar-refractivity contribution in [1.29, 1.82) is 0 Å². The standard InChI is InChI=1S/C13H12ClN3O2/c1-7-5-9(6-15-11(7)14)17-13(19)10-4-3-8(2)16-12(10)18/h3-6H,1-2H3,(H,16,18)(H,17,19). The number of aryl methyl sites for hydroxylation is 2. The number of aromatic amines is 1. The van der Waals surface area contributed by atoms with E-state index < -0.39 is 11.5 Å². The van der Waals surface area contributed by atoms with Crippen molar-refractivity contribution >= 4 is 23.2 Å². The highest BCUT2D eigenvalue weighted by Gasteiger charge is 2.11. The van der Waals surface area contributed by atoms with Crippen molar-refractivity contribution in [2.75, 3.05) is 5.32 Å². The van der Waals surface area contributed by atoms with Crippen LogP contribution in [0.2, 0.25) is 5.15 Å². The molecule has 0 aliphatic rings. The SMILES string of the molecule is Cc1ccc(C(=O)Nc2cnc(Cl)c(C)c2)c(=O)[nH]1. The highest BCUT2D eigenvalue weighted by Crippen LogP contribution is 2.16. The molecule has 0 fully saturated rings. The van der Waals surface area contributed by atoms with E-state index in [2.05, 4.69) is 15.3 Å². The predicted octanol–water partition coefficient (Wildman–Crippen LogP) is 2.29. The van der Waals surface area contributed by atoms with Crippen molar-refractivity contribution in [3.8, 4) is 0 Å². The molecule has 2 aromatic heterocycles. The maximum absolute atomic E-state index is 12.0. The first-order chi connectivity index (χ1) is 8.97. The molecule has 0 saturated carbocycles. The molecule has 0 aliphatic carbocycles. The third kappa shape index (κ3) is 3.00.